The third-order valence-corrected chi connectivity index (χ3v) is 4.31. The molecule has 3 rings (SSSR count). The molecule has 0 spiro atoms. The van der Waals surface area contributed by atoms with E-state index in [0.29, 0.717) is 30.4 Å². The van der Waals surface area contributed by atoms with Crippen molar-refractivity contribution in [1.82, 2.24) is 24.6 Å². The lowest BCUT2D eigenvalue weighted by atomic mass is 10.2. The summed E-state index contributed by atoms with van der Waals surface area (Å²) in [5.74, 6) is 2.13. The molecule has 0 atom stereocenters. The second-order valence-electron chi connectivity index (χ2n) is 6.36. The fourth-order valence-electron chi connectivity index (χ4n) is 2.68. The van der Waals surface area contributed by atoms with Gasteiger partial charge >= 0.3 is 6.03 Å². The Balaban J connectivity index is 1.55. The van der Waals surface area contributed by atoms with Crippen molar-refractivity contribution in [1.29, 1.82) is 0 Å². The SMILES string of the molecule is CCc1noc(-c2cccc(NC(=O)N(C)CCCc3nccn3C)c2)n1. The predicted molar refractivity (Wildman–Crippen MR) is 102 cm³/mol. The lowest BCUT2D eigenvalue weighted by molar-refractivity contribution is 0.222. The van der Waals surface area contributed by atoms with Crippen LogP contribution >= 0.6 is 0 Å². The summed E-state index contributed by atoms with van der Waals surface area (Å²) in [4.78, 5) is 22.7. The van der Waals surface area contributed by atoms with E-state index in [4.69, 9.17) is 4.52 Å². The second-order valence-corrected chi connectivity index (χ2v) is 6.36. The Kier molecular flexibility index (Phi) is 5.85. The summed E-state index contributed by atoms with van der Waals surface area (Å²) in [6, 6.07) is 7.22. The number of hydrogen-bond acceptors (Lipinski definition) is 5. The van der Waals surface area contributed by atoms with Gasteiger partial charge in [-0.3, -0.25) is 0 Å². The Labute approximate surface area is 158 Å². The Morgan fingerprint density at radius 2 is 2.22 bits per heavy atom. The molecule has 8 nitrogen and oxygen atoms in total. The maximum atomic E-state index is 12.4. The molecule has 0 aliphatic rings. The van der Waals surface area contributed by atoms with Gasteiger partial charge in [0.15, 0.2) is 5.82 Å². The van der Waals surface area contributed by atoms with Crippen LogP contribution in [0.15, 0.2) is 41.2 Å². The summed E-state index contributed by atoms with van der Waals surface area (Å²) < 4.78 is 7.25. The molecule has 0 radical (unpaired) electrons. The number of hydrogen-bond donors (Lipinski definition) is 1. The molecule has 2 amide bonds. The number of carbonyl (C=O) groups excluding carboxylic acids is 1. The van der Waals surface area contributed by atoms with Gasteiger partial charge in [0, 0.05) is 57.1 Å². The summed E-state index contributed by atoms with van der Waals surface area (Å²) in [6.45, 7) is 2.61. The quantitative estimate of drug-likeness (QED) is 0.692. The molecule has 8 heteroatoms. The molecule has 0 aliphatic heterocycles. The first-order chi connectivity index (χ1) is 13.1. The summed E-state index contributed by atoms with van der Waals surface area (Å²) in [6.07, 6.45) is 6.09. The number of rotatable bonds is 7. The highest BCUT2D eigenvalue weighted by Gasteiger charge is 2.12. The zero-order chi connectivity index (χ0) is 19.2. The molecule has 2 aromatic heterocycles. The molecule has 3 aromatic rings. The second kappa shape index (κ2) is 8.48. The standard InChI is InChI=1S/C19H24N6O2/c1-4-16-22-18(27-23-16)14-7-5-8-15(13-14)21-19(26)25(3)11-6-9-17-20-10-12-24(17)2/h5,7-8,10,12-13H,4,6,9,11H2,1-3H3,(H,21,26). The highest BCUT2D eigenvalue weighted by molar-refractivity contribution is 5.89. The summed E-state index contributed by atoms with van der Waals surface area (Å²) in [7, 11) is 3.75. The first-order valence-corrected chi connectivity index (χ1v) is 8.98. The van der Waals surface area contributed by atoms with Crippen molar-refractivity contribution in [3.63, 3.8) is 0 Å². The fraction of sp³-hybridized carbons (Fsp3) is 0.368. The Bertz CT molecular complexity index is 901. The third kappa shape index (κ3) is 4.72. The van der Waals surface area contributed by atoms with Crippen LogP contribution < -0.4 is 5.32 Å². The lowest BCUT2D eigenvalue weighted by Crippen LogP contribution is -2.32. The van der Waals surface area contributed by atoms with E-state index in [0.717, 1.165) is 24.2 Å². The topological polar surface area (TPSA) is 89.1 Å². The van der Waals surface area contributed by atoms with Crippen LogP contribution in [0.1, 0.15) is 25.0 Å². The third-order valence-electron chi connectivity index (χ3n) is 4.31. The minimum Gasteiger partial charge on any atom is -0.338 e. The molecule has 2 heterocycles. The van der Waals surface area contributed by atoms with Crippen LogP contribution in [0.2, 0.25) is 0 Å². The van der Waals surface area contributed by atoms with Gasteiger partial charge < -0.3 is 19.3 Å². The van der Waals surface area contributed by atoms with Gasteiger partial charge in [-0.15, -0.1) is 0 Å². The van der Waals surface area contributed by atoms with Crippen molar-refractivity contribution < 1.29 is 9.32 Å². The van der Waals surface area contributed by atoms with Crippen molar-refractivity contribution in [3.8, 4) is 11.5 Å². The van der Waals surface area contributed by atoms with Crippen LogP contribution in [-0.2, 0) is 19.9 Å². The number of imidazole rings is 1. The molecule has 27 heavy (non-hydrogen) atoms. The van der Waals surface area contributed by atoms with Crippen LogP contribution in [-0.4, -0.2) is 44.2 Å². The number of amides is 2. The van der Waals surface area contributed by atoms with Gasteiger partial charge in [0.1, 0.15) is 5.82 Å². The van der Waals surface area contributed by atoms with Crippen LogP contribution in [0.25, 0.3) is 11.5 Å². The Hall–Kier alpha value is -3.16. The molecule has 0 saturated carbocycles. The van der Waals surface area contributed by atoms with Crippen LogP contribution in [0.3, 0.4) is 0 Å². The lowest BCUT2D eigenvalue weighted by Gasteiger charge is -2.18. The van der Waals surface area contributed by atoms with Gasteiger partial charge in [0.2, 0.25) is 0 Å². The first kappa shape index (κ1) is 18.6. The van der Waals surface area contributed by atoms with Gasteiger partial charge in [0.25, 0.3) is 5.89 Å². The molecule has 0 fully saturated rings. The van der Waals surface area contributed by atoms with Gasteiger partial charge in [-0.25, -0.2) is 9.78 Å². The highest BCUT2D eigenvalue weighted by atomic mass is 16.5. The largest absolute Gasteiger partial charge is 0.338 e. The van der Waals surface area contributed by atoms with E-state index >= 15 is 0 Å². The molecular weight excluding hydrogens is 344 g/mol. The minimum absolute atomic E-state index is 0.160. The average molecular weight is 368 g/mol. The maximum absolute atomic E-state index is 12.4. The normalized spacial score (nSPS) is 10.8. The van der Waals surface area contributed by atoms with Gasteiger partial charge in [-0.05, 0) is 24.6 Å². The number of anilines is 1. The van der Waals surface area contributed by atoms with Crippen LogP contribution in [0, 0.1) is 0 Å². The van der Waals surface area contributed by atoms with Crippen molar-refractivity contribution >= 4 is 11.7 Å². The fourth-order valence-corrected chi connectivity index (χ4v) is 2.68. The molecule has 0 saturated heterocycles. The zero-order valence-electron chi connectivity index (χ0n) is 15.8. The summed E-state index contributed by atoms with van der Waals surface area (Å²) >= 11 is 0. The van der Waals surface area contributed by atoms with Crippen molar-refractivity contribution in [2.75, 3.05) is 18.9 Å². The Morgan fingerprint density at radius 3 is 2.93 bits per heavy atom. The predicted octanol–water partition coefficient (Wildman–Crippen LogP) is 3.13. The van der Waals surface area contributed by atoms with Crippen LogP contribution in [0.4, 0.5) is 10.5 Å². The zero-order valence-corrected chi connectivity index (χ0v) is 15.8. The number of nitrogens with zero attached hydrogens (tertiary/aromatic N) is 5. The molecule has 0 aliphatic carbocycles. The van der Waals surface area contributed by atoms with Gasteiger partial charge in [-0.2, -0.15) is 4.98 Å². The molecule has 0 bridgehead atoms. The smallest absolute Gasteiger partial charge is 0.321 e. The monoisotopic (exact) mass is 368 g/mol. The molecule has 142 valence electrons. The van der Waals surface area contributed by atoms with E-state index in [2.05, 4.69) is 20.4 Å². The maximum Gasteiger partial charge on any atom is 0.321 e. The van der Waals surface area contributed by atoms with Crippen molar-refractivity contribution in [2.24, 2.45) is 7.05 Å². The van der Waals surface area contributed by atoms with E-state index in [1.807, 2.05) is 49.0 Å². The van der Waals surface area contributed by atoms with Gasteiger partial charge in [-0.1, -0.05) is 18.1 Å². The van der Waals surface area contributed by atoms with Gasteiger partial charge in [0.05, 0.1) is 0 Å². The number of urea groups is 1. The van der Waals surface area contributed by atoms with E-state index in [1.165, 1.54) is 0 Å². The molecule has 0 unspecified atom stereocenters. The minimum atomic E-state index is -0.160. The van der Waals surface area contributed by atoms with E-state index in [9.17, 15) is 4.79 Å². The summed E-state index contributed by atoms with van der Waals surface area (Å²) in [5, 5.41) is 6.81. The molecular formula is C19H24N6O2. The molecule has 1 aromatic carbocycles. The van der Waals surface area contributed by atoms with Crippen molar-refractivity contribution in [2.45, 2.75) is 26.2 Å². The Morgan fingerprint density at radius 1 is 1.37 bits per heavy atom. The van der Waals surface area contributed by atoms with E-state index in [1.54, 1.807) is 18.1 Å². The number of nitrogens with one attached hydrogen (secondary N) is 1. The van der Waals surface area contributed by atoms with Crippen molar-refractivity contribution in [3.05, 3.63) is 48.3 Å². The number of benzene rings is 1. The number of aromatic nitrogens is 4. The number of aryl methyl sites for hydroxylation is 3. The van der Waals surface area contributed by atoms with E-state index in [-0.39, 0.29) is 6.03 Å². The average Bonchev–Trinajstić information content (AvgIpc) is 3.31. The molecule has 1 N–H and O–H groups in total. The van der Waals surface area contributed by atoms with Crippen LogP contribution in [0.5, 0.6) is 0 Å². The number of carbonyl (C=O) groups is 1. The summed E-state index contributed by atoms with van der Waals surface area (Å²) in [5.41, 5.74) is 1.46. The highest BCUT2D eigenvalue weighted by Crippen LogP contribution is 2.21. The first-order valence-electron chi connectivity index (χ1n) is 8.98. The van der Waals surface area contributed by atoms with E-state index < -0.39 is 0 Å².